The second kappa shape index (κ2) is 5.91. The normalized spacial score (nSPS) is 12.9. The number of carboxylic acid groups (broad SMARTS) is 1. The number of benzene rings is 1. The highest BCUT2D eigenvalue weighted by molar-refractivity contribution is 7.89. The molecule has 1 aromatic rings. The van der Waals surface area contributed by atoms with Crippen LogP contribution >= 0.6 is 0 Å². The van der Waals surface area contributed by atoms with Crippen molar-refractivity contribution in [1.82, 2.24) is 4.72 Å². The highest BCUT2D eigenvalue weighted by atomic mass is 32.2. The number of aliphatic hydroxyl groups excluding tert-OH is 1. The van der Waals surface area contributed by atoms with Crippen molar-refractivity contribution in [2.45, 2.75) is 17.9 Å². The fourth-order valence-corrected chi connectivity index (χ4v) is 2.27. The van der Waals surface area contributed by atoms with Crippen LogP contribution in [0.4, 0.5) is 0 Å². The first kappa shape index (κ1) is 15.3. The Morgan fingerprint density at radius 3 is 2.21 bits per heavy atom. The molecule has 0 aromatic heterocycles. The lowest BCUT2D eigenvalue weighted by Gasteiger charge is -2.09. The zero-order valence-corrected chi connectivity index (χ0v) is 10.8. The predicted octanol–water partition coefficient (Wildman–Crippen LogP) is -0.387. The van der Waals surface area contributed by atoms with Crippen LogP contribution in [0, 0.1) is 0 Å². The minimum absolute atomic E-state index is 0.116. The van der Waals surface area contributed by atoms with Crippen molar-refractivity contribution in [3.8, 4) is 0 Å². The lowest BCUT2D eigenvalue weighted by atomic mass is 10.2. The van der Waals surface area contributed by atoms with E-state index in [-0.39, 0.29) is 10.7 Å². The van der Waals surface area contributed by atoms with Gasteiger partial charge in [0.1, 0.15) is 0 Å². The van der Waals surface area contributed by atoms with Crippen LogP contribution < -0.4 is 4.72 Å². The van der Waals surface area contributed by atoms with Crippen molar-refractivity contribution in [2.24, 2.45) is 0 Å². The quantitative estimate of drug-likeness (QED) is 0.613. The number of carbonyl (C=O) groups is 2. The van der Waals surface area contributed by atoms with E-state index in [2.05, 4.69) is 0 Å². The second-order valence-corrected chi connectivity index (χ2v) is 5.55. The van der Waals surface area contributed by atoms with E-state index in [1.54, 1.807) is 0 Å². The van der Waals surface area contributed by atoms with Crippen LogP contribution in [0.5, 0.6) is 0 Å². The van der Waals surface area contributed by atoms with Crippen LogP contribution in [0.1, 0.15) is 17.3 Å². The van der Waals surface area contributed by atoms with Gasteiger partial charge in [0.2, 0.25) is 10.0 Å². The lowest BCUT2D eigenvalue weighted by Crippen LogP contribution is -2.36. The van der Waals surface area contributed by atoms with Crippen LogP contribution in [-0.4, -0.2) is 43.0 Å². The maximum absolute atomic E-state index is 11.7. The summed E-state index contributed by atoms with van der Waals surface area (Å²) in [4.78, 5) is 21.3. The zero-order chi connectivity index (χ0) is 14.6. The first-order valence-corrected chi connectivity index (χ1v) is 6.74. The molecule has 0 spiro atoms. The Balaban J connectivity index is 2.83. The topological polar surface area (TPSA) is 121 Å². The van der Waals surface area contributed by atoms with Crippen molar-refractivity contribution < 1.29 is 28.2 Å². The zero-order valence-electron chi connectivity index (χ0n) is 10.0. The van der Waals surface area contributed by atoms with E-state index >= 15 is 0 Å². The number of hydrogen-bond acceptors (Lipinski definition) is 5. The van der Waals surface area contributed by atoms with E-state index in [1.165, 1.54) is 31.2 Å². The van der Waals surface area contributed by atoms with E-state index in [0.29, 0.717) is 5.56 Å². The molecule has 0 radical (unpaired) electrons. The van der Waals surface area contributed by atoms with Crippen molar-refractivity contribution in [3.63, 3.8) is 0 Å². The van der Waals surface area contributed by atoms with Crippen molar-refractivity contribution in [2.75, 3.05) is 6.54 Å². The van der Waals surface area contributed by atoms with Gasteiger partial charge in [0.15, 0.2) is 11.9 Å². The summed E-state index contributed by atoms with van der Waals surface area (Å²) in [6.45, 7) is 0.719. The molecule has 0 aliphatic heterocycles. The number of aliphatic carboxylic acids is 1. The number of Topliss-reactive ketones (excluding diaryl/α,β-unsaturated/α-hetero) is 1. The minimum atomic E-state index is -3.92. The molecule has 0 aliphatic rings. The van der Waals surface area contributed by atoms with E-state index in [9.17, 15) is 18.0 Å². The van der Waals surface area contributed by atoms with E-state index in [4.69, 9.17) is 10.2 Å². The summed E-state index contributed by atoms with van der Waals surface area (Å²) in [7, 11) is -3.92. The molecule has 1 atom stereocenters. The summed E-state index contributed by atoms with van der Waals surface area (Å²) in [6.07, 6.45) is -1.81. The molecule has 0 saturated heterocycles. The fourth-order valence-electron chi connectivity index (χ4n) is 1.23. The summed E-state index contributed by atoms with van der Waals surface area (Å²) in [5, 5.41) is 17.4. The molecule has 1 aromatic carbocycles. The molecule has 0 unspecified atom stereocenters. The summed E-state index contributed by atoms with van der Waals surface area (Å²) >= 11 is 0. The van der Waals surface area contributed by atoms with Gasteiger partial charge in [-0.25, -0.2) is 17.9 Å². The van der Waals surface area contributed by atoms with Crippen LogP contribution in [-0.2, 0) is 14.8 Å². The van der Waals surface area contributed by atoms with Gasteiger partial charge in [-0.05, 0) is 19.1 Å². The number of carbonyl (C=O) groups excluding carboxylic acids is 1. The maximum atomic E-state index is 11.7. The molecule has 104 valence electrons. The smallest absolute Gasteiger partial charge is 0.333 e. The van der Waals surface area contributed by atoms with Crippen molar-refractivity contribution in [3.05, 3.63) is 29.8 Å². The van der Waals surface area contributed by atoms with Crippen LogP contribution in [0.25, 0.3) is 0 Å². The molecule has 0 heterocycles. The average molecular weight is 287 g/mol. The first-order chi connectivity index (χ1) is 8.74. The third kappa shape index (κ3) is 4.12. The summed E-state index contributed by atoms with van der Waals surface area (Å²) in [5.74, 6) is -1.71. The number of nitrogens with one attached hydrogen (secondary N) is 1. The number of hydrogen-bond donors (Lipinski definition) is 3. The largest absolute Gasteiger partial charge is 0.479 e. The first-order valence-electron chi connectivity index (χ1n) is 5.25. The van der Waals surface area contributed by atoms with Gasteiger partial charge in [0.25, 0.3) is 0 Å². The monoisotopic (exact) mass is 287 g/mol. The third-order valence-corrected chi connectivity index (χ3v) is 3.76. The van der Waals surface area contributed by atoms with Gasteiger partial charge in [-0.3, -0.25) is 4.79 Å². The number of rotatable bonds is 6. The molecule has 7 nitrogen and oxygen atoms in total. The number of carboxylic acids is 1. The van der Waals surface area contributed by atoms with E-state index < -0.39 is 28.6 Å². The number of ketones is 1. The van der Waals surface area contributed by atoms with Gasteiger partial charge in [-0.2, -0.15) is 0 Å². The molecular weight excluding hydrogens is 274 g/mol. The van der Waals surface area contributed by atoms with Gasteiger partial charge in [-0.15, -0.1) is 0 Å². The summed E-state index contributed by atoms with van der Waals surface area (Å²) in [6, 6.07) is 5.16. The molecule has 19 heavy (non-hydrogen) atoms. The number of sulfonamides is 1. The fraction of sp³-hybridized carbons (Fsp3) is 0.273. The van der Waals surface area contributed by atoms with E-state index in [0.717, 1.165) is 0 Å². The van der Waals surface area contributed by atoms with Gasteiger partial charge in [0.05, 0.1) is 4.90 Å². The van der Waals surface area contributed by atoms with Crippen molar-refractivity contribution in [1.29, 1.82) is 0 Å². The number of aliphatic hydroxyl groups is 1. The maximum Gasteiger partial charge on any atom is 0.333 e. The van der Waals surface area contributed by atoms with Crippen molar-refractivity contribution >= 4 is 21.8 Å². The molecule has 8 heteroatoms. The average Bonchev–Trinajstić information content (AvgIpc) is 2.36. The Kier molecular flexibility index (Phi) is 4.76. The molecule has 0 bridgehead atoms. The molecule has 0 amide bonds. The molecule has 0 saturated carbocycles. The Morgan fingerprint density at radius 1 is 1.26 bits per heavy atom. The molecule has 3 N–H and O–H groups in total. The SMILES string of the molecule is CC(=O)c1ccc(S(=O)(=O)NC[C@H](O)C(=O)O)cc1. The predicted molar refractivity (Wildman–Crippen MR) is 65.3 cm³/mol. The Morgan fingerprint density at radius 2 is 1.79 bits per heavy atom. The third-order valence-electron chi connectivity index (χ3n) is 2.32. The highest BCUT2D eigenvalue weighted by Gasteiger charge is 2.19. The Hall–Kier alpha value is -1.77. The van der Waals surface area contributed by atoms with Crippen LogP contribution in [0.2, 0.25) is 0 Å². The van der Waals surface area contributed by atoms with Gasteiger partial charge < -0.3 is 10.2 Å². The summed E-state index contributed by atoms with van der Waals surface area (Å²) < 4.78 is 25.4. The van der Waals surface area contributed by atoms with Crippen LogP contribution in [0.15, 0.2) is 29.2 Å². The minimum Gasteiger partial charge on any atom is -0.479 e. The molecule has 0 fully saturated rings. The molecular formula is C11H13NO6S. The Labute approximate surface area is 109 Å². The lowest BCUT2D eigenvalue weighted by molar-refractivity contribution is -0.146. The highest BCUT2D eigenvalue weighted by Crippen LogP contribution is 2.10. The van der Waals surface area contributed by atoms with Crippen LogP contribution in [0.3, 0.4) is 0 Å². The molecule has 1 rings (SSSR count). The summed E-state index contributed by atoms with van der Waals surface area (Å²) in [5.41, 5.74) is 0.365. The molecule has 0 aliphatic carbocycles. The second-order valence-electron chi connectivity index (χ2n) is 3.79. The van der Waals surface area contributed by atoms with Gasteiger partial charge in [-0.1, -0.05) is 12.1 Å². The van der Waals surface area contributed by atoms with Gasteiger partial charge >= 0.3 is 5.97 Å². The standard InChI is InChI=1S/C11H13NO6S/c1-7(13)8-2-4-9(5-3-8)19(17,18)12-6-10(14)11(15)16/h2-5,10,12,14H,6H2,1H3,(H,15,16)/t10-/m0/s1. The van der Waals surface area contributed by atoms with Gasteiger partial charge in [0, 0.05) is 12.1 Å². The van der Waals surface area contributed by atoms with E-state index in [1.807, 2.05) is 4.72 Å². The Bertz CT molecular complexity index is 578.